The molecule has 3 heterocycles. The molecule has 1 aromatic carbocycles. The molecule has 5 nitrogen and oxygen atoms in total. The Kier molecular flexibility index (Phi) is 5.50. The largest absolute Gasteiger partial charge is 0.462 e. The molecule has 1 saturated heterocycles. The molecule has 4 rings (SSSR count). The molecule has 0 aliphatic carbocycles. The van der Waals surface area contributed by atoms with Crippen LogP contribution in [0.25, 0.3) is 10.8 Å². The van der Waals surface area contributed by atoms with Crippen LogP contribution in [0.4, 0.5) is 5.69 Å². The zero-order valence-electron chi connectivity index (χ0n) is 15.1. The summed E-state index contributed by atoms with van der Waals surface area (Å²) < 4.78 is 5.37. The Morgan fingerprint density at radius 1 is 1.22 bits per heavy atom. The number of benzene rings is 1. The molecule has 1 fully saturated rings. The van der Waals surface area contributed by atoms with Gasteiger partial charge in [-0.1, -0.05) is 12.1 Å². The Morgan fingerprint density at radius 3 is 2.70 bits per heavy atom. The fraction of sp³-hybridized carbons (Fsp3) is 0.300. The molecule has 0 radical (unpaired) electrons. The third-order valence-electron chi connectivity index (χ3n) is 4.51. The number of aromatic nitrogens is 1. The number of hydrogen-bond acceptors (Lipinski definition) is 6. The molecule has 0 saturated carbocycles. The van der Waals surface area contributed by atoms with Gasteiger partial charge in [-0.2, -0.15) is 11.8 Å². The first-order valence-electron chi connectivity index (χ1n) is 8.92. The van der Waals surface area contributed by atoms with E-state index in [1.807, 2.05) is 30.8 Å². The van der Waals surface area contributed by atoms with Crippen molar-refractivity contribution >= 4 is 34.7 Å². The molecule has 140 valence electrons. The predicted octanol–water partition coefficient (Wildman–Crippen LogP) is 4.19. The third kappa shape index (κ3) is 4.20. The molecule has 1 amide bonds. The Labute approximate surface area is 166 Å². The molecule has 27 heavy (non-hydrogen) atoms. The van der Waals surface area contributed by atoms with Gasteiger partial charge in [0.05, 0.1) is 6.26 Å². The number of thiazole rings is 1. The fourth-order valence-electron chi connectivity index (χ4n) is 3.02. The number of rotatable bonds is 5. The second-order valence-electron chi connectivity index (χ2n) is 6.35. The molecule has 2 aromatic heterocycles. The quantitative estimate of drug-likeness (QED) is 0.697. The first-order chi connectivity index (χ1) is 13.2. The van der Waals surface area contributed by atoms with Crippen LogP contribution < -0.4 is 10.2 Å². The van der Waals surface area contributed by atoms with Crippen LogP contribution in [-0.4, -0.2) is 35.5 Å². The van der Waals surface area contributed by atoms with Gasteiger partial charge >= 0.3 is 0 Å². The average molecular weight is 400 g/mol. The Balaban J connectivity index is 1.38. The van der Waals surface area contributed by atoms with Crippen LogP contribution >= 0.6 is 23.1 Å². The minimum absolute atomic E-state index is 0.154. The molecule has 7 heteroatoms. The lowest BCUT2D eigenvalue weighted by Crippen LogP contribution is -2.32. The van der Waals surface area contributed by atoms with Crippen molar-refractivity contribution in [3.63, 3.8) is 0 Å². The van der Waals surface area contributed by atoms with Gasteiger partial charge in [-0.15, -0.1) is 11.3 Å². The topological polar surface area (TPSA) is 58.4 Å². The minimum Gasteiger partial charge on any atom is -0.462 e. The van der Waals surface area contributed by atoms with Crippen molar-refractivity contribution in [1.82, 2.24) is 10.3 Å². The van der Waals surface area contributed by atoms with Crippen molar-refractivity contribution in [1.29, 1.82) is 0 Å². The van der Waals surface area contributed by atoms with E-state index in [4.69, 9.17) is 4.42 Å². The van der Waals surface area contributed by atoms with E-state index in [9.17, 15) is 4.79 Å². The summed E-state index contributed by atoms with van der Waals surface area (Å²) in [5.74, 6) is 2.91. The SMILES string of the molecule is Cc1sc(-c2ccco2)nc1C(=O)NCc1ccc(N2CCSCC2)cc1. The maximum atomic E-state index is 12.5. The van der Waals surface area contributed by atoms with E-state index in [0.717, 1.165) is 28.5 Å². The van der Waals surface area contributed by atoms with Crippen molar-refractivity contribution in [2.75, 3.05) is 29.5 Å². The highest BCUT2D eigenvalue weighted by Gasteiger charge is 2.17. The van der Waals surface area contributed by atoms with Crippen molar-refractivity contribution in [2.24, 2.45) is 0 Å². The summed E-state index contributed by atoms with van der Waals surface area (Å²) in [6.45, 7) is 4.59. The van der Waals surface area contributed by atoms with Crippen LogP contribution in [0.2, 0.25) is 0 Å². The van der Waals surface area contributed by atoms with Gasteiger partial charge in [-0.3, -0.25) is 4.79 Å². The van der Waals surface area contributed by atoms with Gasteiger partial charge in [0.1, 0.15) is 5.69 Å². The monoisotopic (exact) mass is 399 g/mol. The Hall–Kier alpha value is -2.25. The summed E-state index contributed by atoms with van der Waals surface area (Å²) >= 11 is 3.47. The van der Waals surface area contributed by atoms with Crippen LogP contribution in [-0.2, 0) is 6.54 Å². The zero-order chi connectivity index (χ0) is 18.6. The molecule has 1 aliphatic rings. The van der Waals surface area contributed by atoms with Crippen LogP contribution in [0, 0.1) is 6.92 Å². The van der Waals surface area contributed by atoms with E-state index >= 15 is 0 Å². The number of furan rings is 1. The number of carbonyl (C=O) groups excluding carboxylic acids is 1. The van der Waals surface area contributed by atoms with Crippen molar-refractivity contribution in [2.45, 2.75) is 13.5 Å². The van der Waals surface area contributed by atoms with E-state index in [1.165, 1.54) is 28.5 Å². The lowest BCUT2D eigenvalue weighted by molar-refractivity contribution is 0.0946. The lowest BCUT2D eigenvalue weighted by atomic mass is 10.2. The standard InChI is InChI=1S/C20H21N3O2S2/c1-14-18(22-20(27-14)17-3-2-10-25-17)19(24)21-13-15-4-6-16(7-5-15)23-8-11-26-12-9-23/h2-7,10H,8-9,11-13H2,1H3,(H,21,24). The first-order valence-corrected chi connectivity index (χ1v) is 10.9. The smallest absolute Gasteiger partial charge is 0.271 e. The number of thioether (sulfide) groups is 1. The van der Waals surface area contributed by atoms with Crippen molar-refractivity contribution in [3.05, 3.63) is 58.8 Å². The van der Waals surface area contributed by atoms with Gasteiger partial charge in [-0.25, -0.2) is 4.98 Å². The maximum Gasteiger partial charge on any atom is 0.271 e. The predicted molar refractivity (Wildman–Crippen MR) is 112 cm³/mol. The number of nitrogens with one attached hydrogen (secondary N) is 1. The van der Waals surface area contributed by atoms with Gasteiger partial charge in [-0.05, 0) is 36.8 Å². The van der Waals surface area contributed by atoms with Gasteiger partial charge < -0.3 is 14.6 Å². The number of carbonyl (C=O) groups is 1. The third-order valence-corrected chi connectivity index (χ3v) is 6.44. The van der Waals surface area contributed by atoms with E-state index < -0.39 is 0 Å². The molecule has 0 unspecified atom stereocenters. The van der Waals surface area contributed by atoms with E-state index in [0.29, 0.717) is 18.0 Å². The molecule has 0 spiro atoms. The Morgan fingerprint density at radius 2 is 2.00 bits per heavy atom. The number of anilines is 1. The highest BCUT2D eigenvalue weighted by molar-refractivity contribution is 7.99. The molecule has 3 aromatic rings. The van der Waals surface area contributed by atoms with Crippen LogP contribution in [0.15, 0.2) is 47.1 Å². The van der Waals surface area contributed by atoms with E-state index in [1.54, 1.807) is 6.26 Å². The lowest BCUT2D eigenvalue weighted by Gasteiger charge is -2.28. The summed E-state index contributed by atoms with van der Waals surface area (Å²) in [6, 6.07) is 12.1. The first kappa shape index (κ1) is 18.1. The van der Waals surface area contributed by atoms with Gasteiger partial charge in [0.15, 0.2) is 10.8 Å². The number of aryl methyl sites for hydroxylation is 1. The molecular formula is C20H21N3O2S2. The highest BCUT2D eigenvalue weighted by atomic mass is 32.2. The van der Waals surface area contributed by atoms with E-state index in [-0.39, 0.29) is 5.91 Å². The summed E-state index contributed by atoms with van der Waals surface area (Å²) in [5.41, 5.74) is 2.80. The number of hydrogen-bond donors (Lipinski definition) is 1. The number of nitrogens with zero attached hydrogens (tertiary/aromatic N) is 2. The summed E-state index contributed by atoms with van der Waals surface area (Å²) in [5, 5.41) is 3.70. The molecule has 1 aliphatic heterocycles. The molecule has 1 N–H and O–H groups in total. The number of amides is 1. The normalized spacial score (nSPS) is 14.3. The van der Waals surface area contributed by atoms with Crippen LogP contribution in [0.5, 0.6) is 0 Å². The van der Waals surface area contributed by atoms with Crippen molar-refractivity contribution < 1.29 is 9.21 Å². The zero-order valence-corrected chi connectivity index (χ0v) is 16.7. The molecule has 0 bridgehead atoms. The van der Waals surface area contributed by atoms with Crippen LogP contribution in [0.1, 0.15) is 20.9 Å². The maximum absolute atomic E-state index is 12.5. The second-order valence-corrected chi connectivity index (χ2v) is 8.78. The molecular weight excluding hydrogens is 378 g/mol. The molecule has 0 atom stereocenters. The van der Waals surface area contributed by atoms with Gasteiger partial charge in [0, 0.05) is 41.7 Å². The van der Waals surface area contributed by atoms with Crippen molar-refractivity contribution in [3.8, 4) is 10.8 Å². The summed E-state index contributed by atoms with van der Waals surface area (Å²) in [7, 11) is 0. The average Bonchev–Trinajstić information content (AvgIpc) is 3.37. The van der Waals surface area contributed by atoms with Crippen LogP contribution in [0.3, 0.4) is 0 Å². The second kappa shape index (κ2) is 8.19. The summed E-state index contributed by atoms with van der Waals surface area (Å²) in [6.07, 6.45) is 1.61. The van der Waals surface area contributed by atoms with Gasteiger partial charge in [0.25, 0.3) is 5.91 Å². The Bertz CT molecular complexity index is 898. The van der Waals surface area contributed by atoms with Gasteiger partial charge in [0.2, 0.25) is 0 Å². The highest BCUT2D eigenvalue weighted by Crippen LogP contribution is 2.28. The van der Waals surface area contributed by atoms with E-state index in [2.05, 4.69) is 39.5 Å². The summed E-state index contributed by atoms with van der Waals surface area (Å²) in [4.78, 5) is 20.3. The minimum atomic E-state index is -0.154. The fourth-order valence-corrected chi connectivity index (χ4v) is 4.81.